The fourth-order valence-corrected chi connectivity index (χ4v) is 0. The van der Waals surface area contributed by atoms with Gasteiger partial charge in [-0.2, -0.15) is 12.8 Å². The second kappa shape index (κ2) is 43.7. The van der Waals surface area contributed by atoms with Crippen molar-refractivity contribution in [2.24, 2.45) is 0 Å². The number of aliphatic hydroxyl groups is 2. The van der Waals surface area contributed by atoms with Crippen LogP contribution in [0.1, 0.15) is 40.5 Å². The summed E-state index contributed by atoms with van der Waals surface area (Å²) in [6, 6.07) is 0. The van der Waals surface area contributed by atoms with E-state index in [1.807, 2.05) is 13.8 Å². The minimum absolute atomic E-state index is 0.190. The Morgan fingerprint density at radius 2 is 0.944 bits per heavy atom. The zero-order chi connectivity index (χ0) is 16.0. The van der Waals surface area contributed by atoms with E-state index in [0.29, 0.717) is 0 Å². The molecule has 0 saturated heterocycles. The number of hydrogen-bond acceptors (Lipinski definition) is 5. The van der Waals surface area contributed by atoms with Crippen molar-refractivity contribution in [1.82, 2.24) is 0 Å². The number of rotatable bonds is 2. The van der Waals surface area contributed by atoms with Gasteiger partial charge in [-0.3, -0.25) is 9.59 Å². The first-order valence-electron chi connectivity index (χ1n) is 5.37. The zero-order valence-electron chi connectivity index (χ0n) is 11.9. The number of carbonyl (C=O) groups excluding carboxylic acids is 2. The molecule has 0 fully saturated rings. The molecule has 0 heterocycles. The van der Waals surface area contributed by atoms with Gasteiger partial charge in [0.1, 0.15) is 13.2 Å². The van der Waals surface area contributed by atoms with Crippen LogP contribution in [-0.2, 0) is 33.3 Å². The maximum absolute atomic E-state index is 9.56. The van der Waals surface area contributed by atoms with Gasteiger partial charge in [-0.25, -0.2) is 0 Å². The van der Waals surface area contributed by atoms with E-state index in [-0.39, 0.29) is 24.8 Å². The molecular formula is C12H26O5Ti. The number of carbonyl (C=O) groups is 2. The zero-order valence-corrected chi connectivity index (χ0v) is 13.4. The Morgan fingerprint density at radius 3 is 0.944 bits per heavy atom. The van der Waals surface area contributed by atoms with Crippen molar-refractivity contribution in [3.05, 3.63) is 13.8 Å². The van der Waals surface area contributed by atoms with Gasteiger partial charge in [0.2, 0.25) is 0 Å². The van der Waals surface area contributed by atoms with Crippen LogP contribution in [0, 0.1) is 13.8 Å². The Labute approximate surface area is 123 Å². The van der Waals surface area contributed by atoms with Gasteiger partial charge < -0.3 is 24.1 Å². The second-order valence-corrected chi connectivity index (χ2v) is 2.72. The summed E-state index contributed by atoms with van der Waals surface area (Å²) in [7, 11) is 0. The minimum atomic E-state index is -0.333. The standard InChI is InChI=1S/2C3H6O2.2C3H7.O.Ti/c2*1-3(5)2-4;2*1-3-2;;/h2*4H,2H2,1H3;2*1,3H2,2H3;;/q;;2*-1;;+2. The Morgan fingerprint density at radius 1 is 0.889 bits per heavy atom. The molecule has 18 heavy (non-hydrogen) atoms. The molecule has 0 aromatic rings. The Kier molecular flexibility index (Phi) is 74.4. The summed E-state index contributed by atoms with van der Waals surface area (Å²) in [5.41, 5.74) is 0. The molecule has 0 bridgehead atoms. The van der Waals surface area contributed by atoms with Crippen LogP contribution in [0.3, 0.4) is 0 Å². The Hall–Kier alpha value is -0.226. The van der Waals surface area contributed by atoms with Gasteiger partial charge in [0.05, 0.1) is 0 Å². The number of aliphatic hydroxyl groups excluding tert-OH is 2. The fourth-order valence-electron chi connectivity index (χ4n) is 0. The molecule has 0 aliphatic heterocycles. The van der Waals surface area contributed by atoms with Crippen LogP contribution in [0.2, 0.25) is 0 Å². The molecule has 0 radical (unpaired) electrons. The summed E-state index contributed by atoms with van der Waals surface area (Å²) in [6.45, 7) is 13.0. The average molecular weight is 298 g/mol. The molecule has 0 spiro atoms. The SMILES string of the molecule is CC(=O)CO.CC(=O)CO.[CH2-]CC.[CH2-]CC.[O]=[Ti+2]. The molecule has 0 aromatic carbocycles. The predicted octanol–water partition coefficient (Wildman–Crippen LogP) is 1.48. The summed E-state index contributed by atoms with van der Waals surface area (Å²) in [4.78, 5) is 19.1. The third-order valence-corrected chi connectivity index (χ3v) is 0.445. The van der Waals surface area contributed by atoms with Gasteiger partial charge in [0.25, 0.3) is 0 Å². The van der Waals surface area contributed by atoms with E-state index in [1.165, 1.54) is 13.8 Å². The first-order chi connectivity index (χ1) is 8.37. The summed E-state index contributed by atoms with van der Waals surface area (Å²) in [5, 5.41) is 15.6. The van der Waals surface area contributed by atoms with E-state index in [0.717, 1.165) is 33.2 Å². The maximum atomic E-state index is 9.56. The van der Waals surface area contributed by atoms with Crippen molar-refractivity contribution in [2.45, 2.75) is 40.5 Å². The molecule has 6 heteroatoms. The quantitative estimate of drug-likeness (QED) is 0.595. The monoisotopic (exact) mass is 298 g/mol. The number of Topliss-reactive ketones (excluding diaryl/α,β-unsaturated/α-hetero) is 2. The van der Waals surface area contributed by atoms with E-state index in [1.54, 1.807) is 0 Å². The fraction of sp³-hybridized carbons (Fsp3) is 0.667. The van der Waals surface area contributed by atoms with Gasteiger partial charge in [0, 0.05) is 0 Å². The van der Waals surface area contributed by atoms with Crippen molar-refractivity contribution < 1.29 is 43.5 Å². The molecule has 108 valence electrons. The molecule has 5 nitrogen and oxygen atoms in total. The van der Waals surface area contributed by atoms with Crippen LogP contribution in [0.4, 0.5) is 0 Å². The first kappa shape index (κ1) is 30.6. The van der Waals surface area contributed by atoms with Gasteiger partial charge >= 0.3 is 23.7 Å². The van der Waals surface area contributed by atoms with Crippen LogP contribution < -0.4 is 0 Å². The molecule has 0 aliphatic carbocycles. The normalized spacial score (nSPS) is 6.56. The molecule has 0 aromatic heterocycles. The van der Waals surface area contributed by atoms with E-state index >= 15 is 0 Å². The summed E-state index contributed by atoms with van der Waals surface area (Å²) >= 11 is 0.750. The van der Waals surface area contributed by atoms with Crippen LogP contribution in [0.5, 0.6) is 0 Å². The molecule has 0 saturated carbocycles. The topological polar surface area (TPSA) is 91.7 Å². The van der Waals surface area contributed by atoms with E-state index in [2.05, 4.69) is 13.8 Å². The summed E-state index contributed by atoms with van der Waals surface area (Å²) in [6.07, 6.45) is 2.00. The van der Waals surface area contributed by atoms with Crippen molar-refractivity contribution in [1.29, 1.82) is 0 Å². The third kappa shape index (κ3) is 242. The third-order valence-electron chi connectivity index (χ3n) is 0.445. The number of hydrogen-bond donors (Lipinski definition) is 2. The molecule has 2 N–H and O–H groups in total. The van der Waals surface area contributed by atoms with Crippen LogP contribution in [0.15, 0.2) is 0 Å². The molecule has 0 unspecified atom stereocenters. The van der Waals surface area contributed by atoms with Crippen LogP contribution in [0.25, 0.3) is 0 Å². The van der Waals surface area contributed by atoms with Crippen molar-refractivity contribution in [2.75, 3.05) is 13.2 Å². The van der Waals surface area contributed by atoms with Crippen molar-refractivity contribution in [3.8, 4) is 0 Å². The number of ketones is 2. The van der Waals surface area contributed by atoms with Crippen LogP contribution in [-0.4, -0.2) is 35.0 Å². The Balaban J connectivity index is -0.0000000409. The van der Waals surface area contributed by atoms with E-state index in [9.17, 15) is 9.59 Å². The summed E-state index contributed by atoms with van der Waals surface area (Å²) in [5.74, 6) is -0.380. The van der Waals surface area contributed by atoms with E-state index in [4.69, 9.17) is 13.5 Å². The molecule has 0 atom stereocenters. The molecule has 0 aliphatic rings. The molecule has 0 amide bonds. The Bertz CT molecular complexity index is 135. The van der Waals surface area contributed by atoms with Gasteiger partial charge in [-0.1, -0.05) is 13.8 Å². The second-order valence-electron chi connectivity index (χ2n) is 2.72. The van der Waals surface area contributed by atoms with Gasteiger partial charge in [0.15, 0.2) is 11.6 Å². The van der Waals surface area contributed by atoms with Crippen molar-refractivity contribution in [3.63, 3.8) is 0 Å². The first-order valence-corrected chi connectivity index (χ1v) is 6.00. The summed E-state index contributed by atoms with van der Waals surface area (Å²) < 4.78 is 8.25. The molecular weight excluding hydrogens is 272 g/mol. The van der Waals surface area contributed by atoms with Crippen molar-refractivity contribution >= 4 is 11.6 Å². The average Bonchev–Trinajstić information content (AvgIpc) is 2.34. The van der Waals surface area contributed by atoms with E-state index < -0.39 is 0 Å². The molecule has 0 rings (SSSR count). The van der Waals surface area contributed by atoms with Gasteiger partial charge in [-0.05, 0) is 13.8 Å². The van der Waals surface area contributed by atoms with Gasteiger partial charge in [-0.15, -0.1) is 0 Å². The van der Waals surface area contributed by atoms with Crippen LogP contribution >= 0.6 is 0 Å². The predicted molar refractivity (Wildman–Crippen MR) is 67.5 cm³/mol.